The van der Waals surface area contributed by atoms with Gasteiger partial charge in [0.2, 0.25) is 5.89 Å². The quantitative estimate of drug-likeness (QED) is 0.263. The maximum Gasteiger partial charge on any atom is 0.302 e. The first-order valence-electron chi connectivity index (χ1n) is 16.6. The molecule has 4 aliphatic carbocycles. The molecule has 4 fully saturated rings. The minimum absolute atomic E-state index is 0.192. The summed E-state index contributed by atoms with van der Waals surface area (Å²) >= 11 is 0. The number of hydrogen-bond donors (Lipinski definition) is 2. The number of unbranched alkanes of at least 4 members (excludes halogenated alkanes) is 1. The number of fused-ring (bicyclic) bond motifs is 1. The maximum absolute atomic E-state index is 12.2. The van der Waals surface area contributed by atoms with Gasteiger partial charge in [-0.05, 0) is 105 Å². The Hall–Kier alpha value is -2.18. The normalized spacial score (nSPS) is 33.9. The van der Waals surface area contributed by atoms with Gasteiger partial charge in [0, 0.05) is 19.8 Å². The number of aryl methyl sites for hydroxylation is 1. The van der Waals surface area contributed by atoms with Gasteiger partial charge in [0.15, 0.2) is 0 Å². The number of aliphatic hydroxyl groups excluding tert-OH is 2. The number of carbonyl (C=O) groups is 1. The number of aromatic nitrogens is 1. The van der Waals surface area contributed by atoms with Gasteiger partial charge in [-0.3, -0.25) is 4.79 Å². The third-order valence-corrected chi connectivity index (χ3v) is 11.3. The van der Waals surface area contributed by atoms with Crippen LogP contribution in [0.2, 0.25) is 0 Å². The Bertz CT molecular complexity index is 1190. The van der Waals surface area contributed by atoms with Crippen molar-refractivity contribution in [2.24, 2.45) is 23.2 Å². The van der Waals surface area contributed by atoms with E-state index in [-0.39, 0.29) is 22.9 Å². The molecule has 4 saturated carbocycles. The van der Waals surface area contributed by atoms with Gasteiger partial charge in [-0.15, -0.1) is 0 Å². The number of oxazole rings is 1. The van der Waals surface area contributed by atoms with E-state index in [1.807, 2.05) is 6.20 Å². The molecule has 42 heavy (non-hydrogen) atoms. The van der Waals surface area contributed by atoms with Crippen LogP contribution in [0.3, 0.4) is 0 Å². The molecular weight excluding hydrogens is 526 g/mol. The highest BCUT2D eigenvalue weighted by molar-refractivity contribution is 5.66. The molecular formula is C36H53NO5. The number of carbonyl (C=O) groups excluding carboxylic acids is 1. The van der Waals surface area contributed by atoms with Gasteiger partial charge in [0.05, 0.1) is 23.8 Å². The van der Waals surface area contributed by atoms with Crippen molar-refractivity contribution in [1.29, 1.82) is 0 Å². The van der Waals surface area contributed by atoms with Gasteiger partial charge in [-0.1, -0.05) is 51.5 Å². The summed E-state index contributed by atoms with van der Waals surface area (Å²) in [6, 6.07) is 0. The van der Waals surface area contributed by atoms with Crippen LogP contribution >= 0.6 is 0 Å². The lowest BCUT2D eigenvalue weighted by Gasteiger charge is -2.44. The van der Waals surface area contributed by atoms with Crippen molar-refractivity contribution in [3.05, 3.63) is 53.3 Å². The fourth-order valence-electron chi connectivity index (χ4n) is 8.76. The summed E-state index contributed by atoms with van der Waals surface area (Å²) in [5.41, 5.74) is 3.25. The molecule has 7 atom stereocenters. The van der Waals surface area contributed by atoms with Crippen molar-refractivity contribution in [1.82, 2.24) is 4.98 Å². The zero-order chi connectivity index (χ0) is 30.1. The highest BCUT2D eigenvalue weighted by Crippen LogP contribution is 2.60. The van der Waals surface area contributed by atoms with E-state index in [4.69, 9.17) is 9.15 Å². The summed E-state index contributed by atoms with van der Waals surface area (Å²) in [4.78, 5) is 16.9. The molecule has 1 heterocycles. The number of nitrogens with zero attached hydrogens (tertiary/aromatic N) is 1. The highest BCUT2D eigenvalue weighted by Gasteiger charge is 2.57. The summed E-state index contributed by atoms with van der Waals surface area (Å²) in [7, 11) is 0. The summed E-state index contributed by atoms with van der Waals surface area (Å²) in [5, 5.41) is 20.5. The van der Waals surface area contributed by atoms with Gasteiger partial charge >= 0.3 is 5.97 Å². The molecule has 0 bridgehead atoms. The van der Waals surface area contributed by atoms with E-state index < -0.39 is 12.2 Å². The van der Waals surface area contributed by atoms with Crippen molar-refractivity contribution < 1.29 is 24.2 Å². The second-order valence-electron chi connectivity index (χ2n) is 14.2. The first kappa shape index (κ1) is 31.3. The molecule has 5 rings (SSSR count). The van der Waals surface area contributed by atoms with Crippen LogP contribution in [-0.4, -0.2) is 39.5 Å². The molecule has 0 unspecified atom stereocenters. The van der Waals surface area contributed by atoms with Gasteiger partial charge in [-0.2, -0.15) is 0 Å². The highest BCUT2D eigenvalue weighted by atomic mass is 16.5. The average molecular weight is 580 g/mol. The molecule has 1 aromatic rings. The molecule has 2 N–H and O–H groups in total. The van der Waals surface area contributed by atoms with E-state index >= 15 is 0 Å². The van der Waals surface area contributed by atoms with Crippen LogP contribution in [0, 0.1) is 23.2 Å². The molecule has 0 spiro atoms. The van der Waals surface area contributed by atoms with Crippen molar-refractivity contribution in [3.8, 4) is 0 Å². The third-order valence-electron chi connectivity index (χ3n) is 11.3. The molecule has 0 aliphatic heterocycles. The zero-order valence-electron chi connectivity index (χ0n) is 26.4. The standard InChI is InChI=1S/C36H53NO5/c1-6-7-10-29-22-37-34(42-29)36(18-19-36)33(41-25(4)38)16-11-23(2)30-14-15-31-26(9-8-17-35(30,31)5)12-13-27-20-28(39)21-32(40)24(27)3/h12-13,22-23,28,30-33,39-40H,3,6-11,14-21H2,1-2,4-5H3/b26-12+,27-13-/t23-,28-,30-,31+,32+,33-,35-/m1/s1. The van der Waals surface area contributed by atoms with Crippen LogP contribution < -0.4 is 0 Å². The van der Waals surface area contributed by atoms with Crippen LogP contribution in [-0.2, 0) is 21.4 Å². The lowest BCUT2D eigenvalue weighted by Crippen LogP contribution is -2.37. The van der Waals surface area contributed by atoms with E-state index in [2.05, 4.69) is 44.5 Å². The van der Waals surface area contributed by atoms with Gasteiger partial charge in [0.1, 0.15) is 11.9 Å². The smallest absolute Gasteiger partial charge is 0.302 e. The fourth-order valence-corrected chi connectivity index (χ4v) is 8.76. The largest absolute Gasteiger partial charge is 0.461 e. The van der Waals surface area contributed by atoms with Crippen LogP contribution in [0.1, 0.15) is 123 Å². The van der Waals surface area contributed by atoms with E-state index in [1.54, 1.807) is 0 Å². The number of rotatable bonds is 11. The zero-order valence-corrected chi connectivity index (χ0v) is 26.4. The predicted octanol–water partition coefficient (Wildman–Crippen LogP) is 7.54. The van der Waals surface area contributed by atoms with E-state index in [0.717, 1.165) is 74.2 Å². The number of esters is 1. The lowest BCUT2D eigenvalue weighted by atomic mass is 9.60. The first-order valence-corrected chi connectivity index (χ1v) is 16.6. The summed E-state index contributed by atoms with van der Waals surface area (Å²) in [6.07, 6.45) is 18.8. The molecule has 6 nitrogen and oxygen atoms in total. The number of hydrogen-bond acceptors (Lipinski definition) is 6. The molecule has 232 valence electrons. The number of aliphatic hydroxyl groups is 2. The first-order chi connectivity index (χ1) is 20.1. The van der Waals surface area contributed by atoms with Crippen molar-refractivity contribution in [2.45, 2.75) is 141 Å². The third kappa shape index (κ3) is 6.36. The second-order valence-corrected chi connectivity index (χ2v) is 14.2. The summed E-state index contributed by atoms with van der Waals surface area (Å²) in [6.45, 7) is 12.7. The van der Waals surface area contributed by atoms with Crippen molar-refractivity contribution in [2.75, 3.05) is 0 Å². The Morgan fingerprint density at radius 3 is 2.74 bits per heavy atom. The van der Waals surface area contributed by atoms with E-state index in [9.17, 15) is 15.0 Å². The SMILES string of the molecule is C=C1/C(=C\C=C2/CCC[C@]3(C)[C@@H]([C@H](C)CC[C@@H](OC(C)=O)C4(c5ncc(CCCC)o5)CC4)CC[C@@H]23)C[C@@H](O)C[C@@H]1O. The summed E-state index contributed by atoms with van der Waals surface area (Å²) in [5.74, 6) is 3.20. The Morgan fingerprint density at radius 1 is 1.24 bits per heavy atom. The monoisotopic (exact) mass is 579 g/mol. The number of allylic oxidation sites excluding steroid dienone is 3. The van der Waals surface area contributed by atoms with E-state index in [1.165, 1.54) is 38.2 Å². The molecule has 0 amide bonds. The summed E-state index contributed by atoms with van der Waals surface area (Å²) < 4.78 is 12.2. The Morgan fingerprint density at radius 2 is 2.02 bits per heavy atom. The van der Waals surface area contributed by atoms with Crippen LogP contribution in [0.4, 0.5) is 0 Å². The van der Waals surface area contributed by atoms with Gasteiger partial charge in [0.25, 0.3) is 0 Å². The molecule has 6 heteroatoms. The van der Waals surface area contributed by atoms with Crippen LogP contribution in [0.15, 0.2) is 46.1 Å². The Kier molecular flexibility index (Phi) is 9.54. The Balaban J connectivity index is 1.26. The molecule has 0 aromatic carbocycles. The lowest BCUT2D eigenvalue weighted by molar-refractivity contribution is -0.149. The second kappa shape index (κ2) is 12.8. The fraction of sp³-hybridized carbons (Fsp3) is 0.722. The topological polar surface area (TPSA) is 92.8 Å². The van der Waals surface area contributed by atoms with Crippen LogP contribution in [0.25, 0.3) is 0 Å². The van der Waals surface area contributed by atoms with Crippen molar-refractivity contribution in [3.63, 3.8) is 0 Å². The average Bonchev–Trinajstić information content (AvgIpc) is 3.46. The Labute approximate surface area is 252 Å². The minimum Gasteiger partial charge on any atom is -0.461 e. The number of ether oxygens (including phenoxy) is 1. The van der Waals surface area contributed by atoms with E-state index in [0.29, 0.717) is 30.6 Å². The maximum atomic E-state index is 12.2. The molecule has 0 radical (unpaired) electrons. The predicted molar refractivity (Wildman–Crippen MR) is 165 cm³/mol. The molecule has 4 aliphatic rings. The van der Waals surface area contributed by atoms with Gasteiger partial charge in [-0.25, -0.2) is 4.98 Å². The molecule has 1 aromatic heterocycles. The van der Waals surface area contributed by atoms with Crippen LogP contribution in [0.5, 0.6) is 0 Å². The van der Waals surface area contributed by atoms with Crippen molar-refractivity contribution >= 4 is 5.97 Å². The molecule has 0 saturated heterocycles. The minimum atomic E-state index is -0.649. The van der Waals surface area contributed by atoms with Gasteiger partial charge < -0.3 is 19.4 Å².